The molecule has 0 radical (unpaired) electrons. The van der Waals surface area contributed by atoms with Crippen molar-refractivity contribution < 1.29 is 9.90 Å². The number of anilines is 2. The number of carbonyl (C=O) groups is 1. The molecular formula is C21H26N6O2S. The number of aromatic nitrogens is 2. The van der Waals surface area contributed by atoms with Gasteiger partial charge in [0.15, 0.2) is 5.13 Å². The summed E-state index contributed by atoms with van der Waals surface area (Å²) in [6.07, 6.45) is 3.06. The summed E-state index contributed by atoms with van der Waals surface area (Å²) < 4.78 is 0. The number of hydrogen-bond donors (Lipinski definition) is 2. The number of hydrogen-bond acceptors (Lipinski definition) is 8. The summed E-state index contributed by atoms with van der Waals surface area (Å²) in [5, 5.41) is 24.2. The number of carbonyl (C=O) groups excluding carboxylic acids is 1. The van der Waals surface area contributed by atoms with Crippen molar-refractivity contribution in [3.05, 3.63) is 35.0 Å². The van der Waals surface area contributed by atoms with Crippen LogP contribution in [0.15, 0.2) is 23.6 Å². The number of amides is 1. The lowest BCUT2D eigenvalue weighted by Crippen LogP contribution is -2.40. The standard InChI is InChI=1S/C21H26N6O2S/c22-8-12-26-9-2-3-15(13-26)17-4-1-5-19(23-17)25-21-24-18(14-30-21)20(29)27-10-6-16(28)7-11-27/h1,4-5,14-16,28H,2-3,6-7,9-13H2,(H,23,24,25)/t15-/m0/s1. The topological polar surface area (TPSA) is 105 Å². The Morgan fingerprint density at radius 1 is 1.27 bits per heavy atom. The van der Waals surface area contributed by atoms with Gasteiger partial charge >= 0.3 is 0 Å². The fourth-order valence-corrected chi connectivity index (χ4v) is 4.75. The Balaban J connectivity index is 1.40. The van der Waals surface area contributed by atoms with E-state index in [1.165, 1.54) is 11.3 Å². The van der Waals surface area contributed by atoms with Crippen LogP contribution in [0, 0.1) is 11.3 Å². The third-order valence-corrected chi connectivity index (χ3v) is 6.46. The third kappa shape index (κ3) is 4.95. The number of nitrogens with zero attached hydrogens (tertiary/aromatic N) is 5. The van der Waals surface area contributed by atoms with Crippen LogP contribution < -0.4 is 5.32 Å². The zero-order valence-electron chi connectivity index (χ0n) is 16.8. The van der Waals surface area contributed by atoms with Crippen LogP contribution in [0.2, 0.25) is 0 Å². The number of pyridine rings is 1. The molecule has 2 aromatic heterocycles. The average molecular weight is 427 g/mol. The highest BCUT2D eigenvalue weighted by molar-refractivity contribution is 7.14. The zero-order chi connectivity index (χ0) is 20.9. The Kier molecular flexibility index (Phi) is 6.57. The molecule has 2 fully saturated rings. The highest BCUT2D eigenvalue weighted by Gasteiger charge is 2.25. The van der Waals surface area contributed by atoms with Crippen molar-refractivity contribution in [3.8, 4) is 6.07 Å². The highest BCUT2D eigenvalue weighted by Crippen LogP contribution is 2.27. The maximum Gasteiger partial charge on any atom is 0.273 e. The van der Waals surface area contributed by atoms with E-state index < -0.39 is 0 Å². The van der Waals surface area contributed by atoms with Gasteiger partial charge in [-0.2, -0.15) is 5.26 Å². The number of aliphatic hydroxyl groups is 1. The summed E-state index contributed by atoms with van der Waals surface area (Å²) in [5.74, 6) is 0.934. The van der Waals surface area contributed by atoms with Gasteiger partial charge < -0.3 is 15.3 Å². The average Bonchev–Trinajstić information content (AvgIpc) is 3.23. The first-order chi connectivity index (χ1) is 14.6. The molecule has 9 heteroatoms. The number of nitrogens with one attached hydrogen (secondary N) is 1. The lowest BCUT2D eigenvalue weighted by atomic mass is 9.94. The quantitative estimate of drug-likeness (QED) is 0.708. The van der Waals surface area contributed by atoms with Crippen molar-refractivity contribution in [2.24, 2.45) is 0 Å². The molecule has 2 N–H and O–H groups in total. The van der Waals surface area contributed by atoms with Crippen LogP contribution in [0.3, 0.4) is 0 Å². The number of piperidine rings is 2. The predicted molar refractivity (Wildman–Crippen MR) is 115 cm³/mol. The third-order valence-electron chi connectivity index (χ3n) is 5.70. The minimum Gasteiger partial charge on any atom is -0.393 e. The van der Waals surface area contributed by atoms with Crippen LogP contribution >= 0.6 is 11.3 Å². The predicted octanol–water partition coefficient (Wildman–Crippen LogP) is 2.58. The maximum absolute atomic E-state index is 12.6. The second-order valence-electron chi connectivity index (χ2n) is 7.87. The van der Waals surface area contributed by atoms with Crippen molar-refractivity contribution >= 4 is 28.2 Å². The van der Waals surface area contributed by atoms with Gasteiger partial charge in [-0.15, -0.1) is 11.3 Å². The minimum absolute atomic E-state index is 0.0901. The van der Waals surface area contributed by atoms with Crippen LogP contribution in [0.25, 0.3) is 0 Å². The summed E-state index contributed by atoms with van der Waals surface area (Å²) in [7, 11) is 0. The second kappa shape index (κ2) is 9.51. The number of rotatable bonds is 5. The van der Waals surface area contributed by atoms with E-state index in [9.17, 15) is 9.90 Å². The lowest BCUT2D eigenvalue weighted by molar-refractivity contribution is 0.0542. The fourth-order valence-electron chi connectivity index (χ4n) is 4.06. The van der Waals surface area contributed by atoms with Gasteiger partial charge in [0, 0.05) is 36.6 Å². The Morgan fingerprint density at radius 2 is 2.10 bits per heavy atom. The molecule has 0 spiro atoms. The van der Waals surface area contributed by atoms with Crippen LogP contribution in [-0.2, 0) is 0 Å². The van der Waals surface area contributed by atoms with Crippen LogP contribution in [0.5, 0.6) is 0 Å². The summed E-state index contributed by atoms with van der Waals surface area (Å²) in [4.78, 5) is 25.8. The molecule has 30 heavy (non-hydrogen) atoms. The Labute approximate surface area is 180 Å². The molecule has 0 saturated carbocycles. The Morgan fingerprint density at radius 3 is 2.90 bits per heavy atom. The normalized spacial score (nSPS) is 20.7. The molecule has 8 nitrogen and oxygen atoms in total. The first-order valence-corrected chi connectivity index (χ1v) is 11.3. The molecule has 158 valence electrons. The molecule has 2 saturated heterocycles. The van der Waals surface area contributed by atoms with Gasteiger partial charge in [0.1, 0.15) is 11.5 Å². The molecule has 1 amide bonds. The molecule has 0 bridgehead atoms. The van der Waals surface area contributed by atoms with Gasteiger partial charge in [0.05, 0.1) is 18.7 Å². The highest BCUT2D eigenvalue weighted by atomic mass is 32.1. The van der Waals surface area contributed by atoms with Gasteiger partial charge in [-0.25, -0.2) is 9.97 Å². The van der Waals surface area contributed by atoms with E-state index in [1.54, 1.807) is 10.3 Å². The number of likely N-dealkylation sites (tertiary alicyclic amines) is 2. The summed E-state index contributed by atoms with van der Waals surface area (Å²) >= 11 is 1.38. The van der Waals surface area contributed by atoms with Crippen molar-refractivity contribution in [1.29, 1.82) is 5.26 Å². The zero-order valence-corrected chi connectivity index (χ0v) is 17.6. The first-order valence-electron chi connectivity index (χ1n) is 10.4. The van der Waals surface area contributed by atoms with Gasteiger partial charge in [-0.3, -0.25) is 9.69 Å². The molecule has 2 aliphatic rings. The largest absolute Gasteiger partial charge is 0.393 e. The SMILES string of the molecule is N#CCN1CCC[C@H](c2cccc(Nc3nc(C(=O)N4CCC(O)CC4)cs3)n2)C1. The van der Waals surface area contributed by atoms with Crippen molar-refractivity contribution in [2.45, 2.75) is 37.7 Å². The van der Waals surface area contributed by atoms with Gasteiger partial charge in [0.2, 0.25) is 0 Å². The van der Waals surface area contributed by atoms with Crippen molar-refractivity contribution in [1.82, 2.24) is 19.8 Å². The van der Waals surface area contributed by atoms with E-state index in [-0.39, 0.29) is 12.0 Å². The minimum atomic E-state index is -0.309. The smallest absolute Gasteiger partial charge is 0.273 e. The molecule has 2 aliphatic heterocycles. The number of aliphatic hydroxyl groups excluding tert-OH is 1. The Hall–Kier alpha value is -2.54. The molecule has 1 atom stereocenters. The van der Waals surface area contributed by atoms with E-state index in [0.717, 1.165) is 31.6 Å². The van der Waals surface area contributed by atoms with Crippen LogP contribution in [-0.4, -0.2) is 69.6 Å². The van der Waals surface area contributed by atoms with E-state index in [4.69, 9.17) is 10.2 Å². The van der Waals surface area contributed by atoms with Gasteiger partial charge in [0.25, 0.3) is 5.91 Å². The van der Waals surface area contributed by atoms with Gasteiger partial charge in [-0.05, 0) is 44.4 Å². The summed E-state index contributed by atoms with van der Waals surface area (Å²) in [6, 6.07) is 8.14. The van der Waals surface area contributed by atoms with E-state index in [1.807, 2.05) is 18.2 Å². The molecule has 4 rings (SSSR count). The fraction of sp³-hybridized carbons (Fsp3) is 0.524. The number of thiazole rings is 1. The van der Waals surface area contributed by atoms with Crippen LogP contribution in [0.1, 0.15) is 47.8 Å². The monoisotopic (exact) mass is 426 g/mol. The lowest BCUT2D eigenvalue weighted by Gasteiger charge is -2.30. The molecule has 0 aliphatic carbocycles. The van der Waals surface area contributed by atoms with E-state index in [0.29, 0.717) is 55.0 Å². The summed E-state index contributed by atoms with van der Waals surface area (Å²) in [6.45, 7) is 3.40. The number of nitriles is 1. The molecule has 2 aromatic rings. The molecule has 0 aromatic carbocycles. The van der Waals surface area contributed by atoms with Crippen molar-refractivity contribution in [2.75, 3.05) is 38.0 Å². The summed E-state index contributed by atoms with van der Waals surface area (Å²) in [5.41, 5.74) is 1.44. The molecule has 0 unspecified atom stereocenters. The molecular weight excluding hydrogens is 400 g/mol. The van der Waals surface area contributed by atoms with E-state index in [2.05, 4.69) is 21.3 Å². The molecule has 4 heterocycles. The Bertz CT molecular complexity index is 918. The first kappa shape index (κ1) is 20.7. The van der Waals surface area contributed by atoms with E-state index >= 15 is 0 Å². The second-order valence-corrected chi connectivity index (χ2v) is 8.72. The van der Waals surface area contributed by atoms with Gasteiger partial charge in [-0.1, -0.05) is 6.07 Å². The van der Waals surface area contributed by atoms with Crippen LogP contribution in [0.4, 0.5) is 10.9 Å². The van der Waals surface area contributed by atoms with Crippen molar-refractivity contribution in [3.63, 3.8) is 0 Å². The maximum atomic E-state index is 12.6.